The molecule has 0 heterocycles. The molecule has 2 fully saturated rings. The van der Waals surface area contributed by atoms with Crippen molar-refractivity contribution in [1.29, 1.82) is 0 Å². The van der Waals surface area contributed by atoms with Gasteiger partial charge in [-0.25, -0.2) is 4.79 Å². The fourth-order valence-corrected chi connectivity index (χ4v) is 3.81. The minimum absolute atomic E-state index is 0.325. The van der Waals surface area contributed by atoms with Gasteiger partial charge in [0.2, 0.25) is 0 Å². The van der Waals surface area contributed by atoms with E-state index in [1.54, 1.807) is 0 Å². The van der Waals surface area contributed by atoms with Gasteiger partial charge < -0.3 is 15.8 Å². The fourth-order valence-electron chi connectivity index (χ4n) is 3.81. The number of carbonyl (C=O) groups excluding carboxylic acids is 1. The second-order valence-electron chi connectivity index (χ2n) is 7.22. The summed E-state index contributed by atoms with van der Waals surface area (Å²) in [5, 5.41) is 2.89. The van der Waals surface area contributed by atoms with Gasteiger partial charge in [-0.2, -0.15) is 0 Å². The average molecular weight is 268 g/mol. The summed E-state index contributed by atoms with van der Waals surface area (Å²) in [5.74, 6) is 2.88. The number of nitrogens with one attached hydrogen (secondary N) is 1. The molecule has 1 amide bonds. The predicted octanol–water partition coefficient (Wildman–Crippen LogP) is 2.52. The van der Waals surface area contributed by atoms with Crippen LogP contribution in [0.2, 0.25) is 0 Å². The molecule has 110 valence electrons. The molecule has 0 aromatic rings. The van der Waals surface area contributed by atoms with Crippen LogP contribution in [0, 0.1) is 23.7 Å². The van der Waals surface area contributed by atoms with Crippen molar-refractivity contribution in [3.8, 4) is 0 Å². The number of amides is 1. The molecular formula is C15H28N2O2. The van der Waals surface area contributed by atoms with E-state index >= 15 is 0 Å². The van der Waals surface area contributed by atoms with E-state index in [0.29, 0.717) is 24.9 Å². The second-order valence-corrected chi connectivity index (χ2v) is 7.22. The van der Waals surface area contributed by atoms with Gasteiger partial charge in [-0.15, -0.1) is 0 Å². The van der Waals surface area contributed by atoms with Crippen LogP contribution in [0.15, 0.2) is 0 Å². The molecule has 0 radical (unpaired) electrons. The van der Waals surface area contributed by atoms with Crippen molar-refractivity contribution in [2.75, 3.05) is 13.1 Å². The van der Waals surface area contributed by atoms with Crippen LogP contribution in [0.5, 0.6) is 0 Å². The van der Waals surface area contributed by atoms with E-state index in [1.165, 1.54) is 25.7 Å². The van der Waals surface area contributed by atoms with Gasteiger partial charge in [0.15, 0.2) is 0 Å². The molecule has 0 saturated heterocycles. The Morgan fingerprint density at radius 1 is 1.37 bits per heavy atom. The lowest BCUT2D eigenvalue weighted by Gasteiger charge is -2.30. The van der Waals surface area contributed by atoms with Crippen molar-refractivity contribution in [1.82, 2.24) is 5.32 Å². The maximum absolute atomic E-state index is 11.7. The SMILES string of the molecule is CC(C)(C)OC(=O)NCC(CN)C1CC2CCC1C2. The normalized spacial score (nSPS) is 31.3. The molecule has 2 bridgehead atoms. The Morgan fingerprint density at radius 3 is 2.58 bits per heavy atom. The molecule has 2 saturated carbocycles. The lowest BCUT2D eigenvalue weighted by Crippen LogP contribution is -2.40. The number of rotatable bonds is 4. The minimum atomic E-state index is -0.436. The molecular weight excluding hydrogens is 240 g/mol. The Balaban J connectivity index is 1.78. The maximum Gasteiger partial charge on any atom is 0.407 e. The van der Waals surface area contributed by atoms with Crippen LogP contribution in [0.4, 0.5) is 4.79 Å². The monoisotopic (exact) mass is 268 g/mol. The molecule has 3 N–H and O–H groups in total. The lowest BCUT2D eigenvalue weighted by molar-refractivity contribution is 0.0509. The minimum Gasteiger partial charge on any atom is -0.444 e. The van der Waals surface area contributed by atoms with Crippen LogP contribution in [-0.4, -0.2) is 24.8 Å². The van der Waals surface area contributed by atoms with Crippen molar-refractivity contribution < 1.29 is 9.53 Å². The van der Waals surface area contributed by atoms with Gasteiger partial charge in [-0.1, -0.05) is 6.42 Å². The number of fused-ring (bicyclic) bond motifs is 2. The fraction of sp³-hybridized carbons (Fsp3) is 0.933. The van der Waals surface area contributed by atoms with Gasteiger partial charge in [0.25, 0.3) is 0 Å². The highest BCUT2D eigenvalue weighted by Crippen LogP contribution is 2.50. The Morgan fingerprint density at radius 2 is 2.11 bits per heavy atom. The summed E-state index contributed by atoms with van der Waals surface area (Å²) in [5.41, 5.74) is 5.47. The Labute approximate surface area is 116 Å². The summed E-state index contributed by atoms with van der Waals surface area (Å²) < 4.78 is 5.27. The van der Waals surface area contributed by atoms with E-state index in [4.69, 9.17) is 10.5 Å². The van der Waals surface area contributed by atoms with Crippen LogP contribution < -0.4 is 11.1 Å². The number of alkyl carbamates (subject to hydrolysis) is 1. The largest absolute Gasteiger partial charge is 0.444 e. The summed E-state index contributed by atoms with van der Waals surface area (Å²) in [6.45, 7) is 6.94. The van der Waals surface area contributed by atoms with Gasteiger partial charge in [-0.05, 0) is 70.3 Å². The molecule has 4 nitrogen and oxygen atoms in total. The predicted molar refractivity (Wildman–Crippen MR) is 75.7 cm³/mol. The van der Waals surface area contributed by atoms with Crippen molar-refractivity contribution >= 4 is 6.09 Å². The molecule has 0 spiro atoms. The zero-order valence-corrected chi connectivity index (χ0v) is 12.4. The summed E-state index contributed by atoms with van der Waals surface area (Å²) in [6, 6.07) is 0. The Kier molecular flexibility index (Phi) is 4.39. The van der Waals surface area contributed by atoms with Gasteiger partial charge >= 0.3 is 6.09 Å². The highest BCUT2D eigenvalue weighted by Gasteiger charge is 2.42. The van der Waals surface area contributed by atoms with Crippen molar-refractivity contribution in [2.24, 2.45) is 29.4 Å². The number of carbonyl (C=O) groups is 1. The number of nitrogens with two attached hydrogens (primary N) is 1. The van der Waals surface area contributed by atoms with Gasteiger partial charge in [0.05, 0.1) is 0 Å². The Hall–Kier alpha value is -0.770. The van der Waals surface area contributed by atoms with E-state index in [1.807, 2.05) is 20.8 Å². The van der Waals surface area contributed by atoms with E-state index in [-0.39, 0.29) is 6.09 Å². The summed E-state index contributed by atoms with van der Waals surface area (Å²) in [7, 11) is 0. The molecule has 4 atom stereocenters. The molecule has 2 aliphatic carbocycles. The molecule has 0 aromatic heterocycles. The molecule has 4 unspecified atom stereocenters. The smallest absolute Gasteiger partial charge is 0.407 e. The van der Waals surface area contributed by atoms with Crippen LogP contribution >= 0.6 is 0 Å². The quantitative estimate of drug-likeness (QED) is 0.823. The summed E-state index contributed by atoms with van der Waals surface area (Å²) >= 11 is 0. The van der Waals surface area contributed by atoms with Gasteiger partial charge in [0, 0.05) is 6.54 Å². The number of hydrogen-bond acceptors (Lipinski definition) is 3. The lowest BCUT2D eigenvalue weighted by atomic mass is 9.79. The topological polar surface area (TPSA) is 64.3 Å². The van der Waals surface area contributed by atoms with E-state index in [9.17, 15) is 4.79 Å². The molecule has 2 aliphatic rings. The standard InChI is InChI=1S/C15H28N2O2/c1-15(2,3)19-14(18)17-9-12(8-16)13-7-10-4-5-11(13)6-10/h10-13H,4-9,16H2,1-3H3,(H,17,18). The number of hydrogen-bond donors (Lipinski definition) is 2. The summed E-state index contributed by atoms with van der Waals surface area (Å²) in [4.78, 5) is 11.7. The molecule has 0 aromatic carbocycles. The first-order valence-electron chi connectivity index (χ1n) is 7.56. The average Bonchev–Trinajstić information content (AvgIpc) is 2.89. The van der Waals surface area contributed by atoms with Crippen LogP contribution in [-0.2, 0) is 4.74 Å². The zero-order valence-electron chi connectivity index (χ0n) is 12.4. The highest BCUT2D eigenvalue weighted by molar-refractivity contribution is 5.67. The maximum atomic E-state index is 11.7. The summed E-state index contributed by atoms with van der Waals surface area (Å²) in [6.07, 6.45) is 5.13. The van der Waals surface area contributed by atoms with Crippen LogP contribution in [0.3, 0.4) is 0 Å². The van der Waals surface area contributed by atoms with Gasteiger partial charge in [0.1, 0.15) is 5.60 Å². The van der Waals surface area contributed by atoms with Crippen LogP contribution in [0.1, 0.15) is 46.5 Å². The van der Waals surface area contributed by atoms with Gasteiger partial charge in [-0.3, -0.25) is 0 Å². The van der Waals surface area contributed by atoms with E-state index < -0.39 is 5.60 Å². The second kappa shape index (κ2) is 5.70. The van der Waals surface area contributed by atoms with Crippen molar-refractivity contribution in [3.63, 3.8) is 0 Å². The van der Waals surface area contributed by atoms with E-state index in [2.05, 4.69) is 5.32 Å². The third-order valence-electron chi connectivity index (χ3n) is 4.61. The third kappa shape index (κ3) is 3.85. The molecule has 2 rings (SSSR count). The van der Waals surface area contributed by atoms with Crippen LogP contribution in [0.25, 0.3) is 0 Å². The van der Waals surface area contributed by atoms with Crippen molar-refractivity contribution in [2.45, 2.75) is 52.1 Å². The number of ether oxygens (including phenoxy) is 1. The van der Waals surface area contributed by atoms with E-state index in [0.717, 1.165) is 11.8 Å². The molecule has 19 heavy (non-hydrogen) atoms. The first kappa shape index (κ1) is 14.6. The molecule has 0 aliphatic heterocycles. The molecule has 4 heteroatoms. The van der Waals surface area contributed by atoms with Crippen molar-refractivity contribution in [3.05, 3.63) is 0 Å². The highest BCUT2D eigenvalue weighted by atomic mass is 16.6. The first-order chi connectivity index (χ1) is 8.89. The Bertz CT molecular complexity index is 325. The first-order valence-corrected chi connectivity index (χ1v) is 7.56. The zero-order chi connectivity index (χ0) is 14.0. The third-order valence-corrected chi connectivity index (χ3v) is 4.61.